The Bertz CT molecular complexity index is 330. The standard InChI is InChI=1S/C16H30N2O2/c1-5-9-10-12(6-2)11-18-14(8-4)15(19)17-13(7-3)16(18)20/h12-14H,5-11H2,1-4H3,(H,17,19). The molecule has 3 unspecified atom stereocenters. The fourth-order valence-electron chi connectivity index (χ4n) is 2.92. The zero-order chi connectivity index (χ0) is 15.1. The van der Waals surface area contributed by atoms with Crippen LogP contribution in [0.5, 0.6) is 0 Å². The van der Waals surface area contributed by atoms with E-state index in [-0.39, 0.29) is 23.9 Å². The van der Waals surface area contributed by atoms with E-state index in [1.807, 2.05) is 18.7 Å². The molecule has 1 aliphatic heterocycles. The molecule has 1 saturated heterocycles. The maximum atomic E-state index is 12.5. The Morgan fingerprint density at radius 3 is 2.35 bits per heavy atom. The molecule has 1 rings (SSSR count). The molecule has 1 fully saturated rings. The highest BCUT2D eigenvalue weighted by Gasteiger charge is 2.39. The third kappa shape index (κ3) is 3.97. The maximum Gasteiger partial charge on any atom is 0.245 e. The molecule has 0 radical (unpaired) electrons. The first kappa shape index (κ1) is 17.0. The second kappa shape index (κ2) is 8.28. The highest BCUT2D eigenvalue weighted by atomic mass is 16.2. The van der Waals surface area contributed by atoms with Gasteiger partial charge in [0.1, 0.15) is 12.1 Å². The number of nitrogens with zero attached hydrogens (tertiary/aromatic N) is 1. The SMILES string of the molecule is CCCCC(CC)CN1C(=O)C(CC)NC(=O)C1CC. The van der Waals surface area contributed by atoms with Crippen molar-refractivity contribution in [3.05, 3.63) is 0 Å². The Labute approximate surface area is 123 Å². The molecule has 2 amide bonds. The Kier molecular flexibility index (Phi) is 7.03. The number of unbranched alkanes of at least 4 members (excludes halogenated alkanes) is 1. The summed E-state index contributed by atoms with van der Waals surface area (Å²) in [5, 5.41) is 2.85. The normalized spacial score (nSPS) is 24.7. The van der Waals surface area contributed by atoms with Gasteiger partial charge >= 0.3 is 0 Å². The average molecular weight is 282 g/mol. The molecule has 0 aromatic carbocycles. The van der Waals surface area contributed by atoms with Crippen LogP contribution in [0.3, 0.4) is 0 Å². The number of nitrogens with one attached hydrogen (secondary N) is 1. The molecule has 1 heterocycles. The predicted octanol–water partition coefficient (Wildman–Crippen LogP) is 2.72. The molecule has 0 aromatic heterocycles. The number of amides is 2. The van der Waals surface area contributed by atoms with E-state index in [4.69, 9.17) is 0 Å². The van der Waals surface area contributed by atoms with Crippen LogP contribution < -0.4 is 5.32 Å². The number of hydrogen-bond donors (Lipinski definition) is 1. The lowest BCUT2D eigenvalue weighted by Crippen LogP contribution is -2.63. The van der Waals surface area contributed by atoms with Crippen molar-refractivity contribution in [2.75, 3.05) is 6.54 Å². The van der Waals surface area contributed by atoms with E-state index in [1.54, 1.807) is 0 Å². The third-order valence-electron chi connectivity index (χ3n) is 4.37. The Balaban J connectivity index is 2.79. The number of carbonyl (C=O) groups excluding carboxylic acids is 2. The number of carbonyl (C=O) groups is 2. The monoisotopic (exact) mass is 282 g/mol. The van der Waals surface area contributed by atoms with Gasteiger partial charge in [-0.05, 0) is 25.2 Å². The Hall–Kier alpha value is -1.06. The van der Waals surface area contributed by atoms with Crippen LogP contribution in [0.2, 0.25) is 0 Å². The largest absolute Gasteiger partial charge is 0.343 e. The van der Waals surface area contributed by atoms with Gasteiger partial charge in [0, 0.05) is 6.54 Å². The van der Waals surface area contributed by atoms with Gasteiger partial charge in [0.2, 0.25) is 11.8 Å². The van der Waals surface area contributed by atoms with Gasteiger partial charge < -0.3 is 10.2 Å². The molecule has 0 aliphatic carbocycles. The fraction of sp³-hybridized carbons (Fsp3) is 0.875. The van der Waals surface area contributed by atoms with Crippen molar-refractivity contribution >= 4 is 11.8 Å². The Morgan fingerprint density at radius 1 is 1.15 bits per heavy atom. The van der Waals surface area contributed by atoms with Gasteiger partial charge in [-0.15, -0.1) is 0 Å². The van der Waals surface area contributed by atoms with Crippen molar-refractivity contribution in [2.45, 2.75) is 78.3 Å². The molecular weight excluding hydrogens is 252 g/mol. The molecular formula is C16H30N2O2. The quantitative estimate of drug-likeness (QED) is 0.744. The summed E-state index contributed by atoms with van der Waals surface area (Å²) < 4.78 is 0. The number of rotatable bonds is 8. The minimum absolute atomic E-state index is 0.0179. The second-order valence-electron chi connectivity index (χ2n) is 5.80. The predicted molar refractivity (Wildman–Crippen MR) is 81.3 cm³/mol. The van der Waals surface area contributed by atoms with Crippen LogP contribution in [0, 0.1) is 5.92 Å². The van der Waals surface area contributed by atoms with Crippen LogP contribution in [0.1, 0.15) is 66.2 Å². The summed E-state index contributed by atoms with van der Waals surface area (Å²) in [7, 11) is 0. The fourth-order valence-corrected chi connectivity index (χ4v) is 2.92. The summed E-state index contributed by atoms with van der Waals surface area (Å²) in [5.41, 5.74) is 0. The summed E-state index contributed by atoms with van der Waals surface area (Å²) >= 11 is 0. The van der Waals surface area contributed by atoms with Gasteiger partial charge in [0.15, 0.2) is 0 Å². The maximum absolute atomic E-state index is 12.5. The molecule has 0 bridgehead atoms. The van der Waals surface area contributed by atoms with Gasteiger partial charge in [0.05, 0.1) is 0 Å². The highest BCUT2D eigenvalue weighted by Crippen LogP contribution is 2.21. The van der Waals surface area contributed by atoms with Crippen LogP contribution in [0.15, 0.2) is 0 Å². The summed E-state index contributed by atoms with van der Waals surface area (Å²) in [6, 6.07) is -0.602. The lowest BCUT2D eigenvalue weighted by Gasteiger charge is -2.40. The smallest absolute Gasteiger partial charge is 0.245 e. The summed E-state index contributed by atoms with van der Waals surface area (Å²) in [6.07, 6.45) is 5.95. The molecule has 0 spiro atoms. The van der Waals surface area contributed by atoms with Crippen molar-refractivity contribution < 1.29 is 9.59 Å². The topological polar surface area (TPSA) is 49.4 Å². The van der Waals surface area contributed by atoms with E-state index in [0.717, 1.165) is 19.4 Å². The molecule has 4 heteroatoms. The van der Waals surface area contributed by atoms with Crippen LogP contribution in [-0.4, -0.2) is 35.3 Å². The van der Waals surface area contributed by atoms with Gasteiger partial charge in [-0.25, -0.2) is 0 Å². The van der Waals surface area contributed by atoms with Crippen LogP contribution in [0.4, 0.5) is 0 Å². The number of piperazine rings is 1. The van der Waals surface area contributed by atoms with E-state index in [0.29, 0.717) is 18.8 Å². The van der Waals surface area contributed by atoms with Gasteiger partial charge in [-0.1, -0.05) is 47.0 Å². The molecule has 1 aliphatic rings. The van der Waals surface area contributed by atoms with Crippen molar-refractivity contribution in [2.24, 2.45) is 5.92 Å². The lowest BCUT2D eigenvalue weighted by molar-refractivity contribution is -0.150. The average Bonchev–Trinajstić information content (AvgIpc) is 2.46. The minimum atomic E-state index is -0.325. The Morgan fingerprint density at radius 2 is 1.85 bits per heavy atom. The van der Waals surface area contributed by atoms with Gasteiger partial charge in [0.25, 0.3) is 0 Å². The van der Waals surface area contributed by atoms with Crippen LogP contribution in [-0.2, 0) is 9.59 Å². The second-order valence-corrected chi connectivity index (χ2v) is 5.80. The zero-order valence-corrected chi connectivity index (χ0v) is 13.4. The van der Waals surface area contributed by atoms with Crippen molar-refractivity contribution in [3.8, 4) is 0 Å². The van der Waals surface area contributed by atoms with Crippen molar-refractivity contribution in [3.63, 3.8) is 0 Å². The third-order valence-corrected chi connectivity index (χ3v) is 4.37. The van der Waals surface area contributed by atoms with Crippen molar-refractivity contribution in [1.82, 2.24) is 10.2 Å². The van der Waals surface area contributed by atoms with Crippen LogP contribution in [0.25, 0.3) is 0 Å². The van der Waals surface area contributed by atoms with E-state index >= 15 is 0 Å². The van der Waals surface area contributed by atoms with E-state index in [1.165, 1.54) is 12.8 Å². The molecule has 20 heavy (non-hydrogen) atoms. The highest BCUT2D eigenvalue weighted by molar-refractivity contribution is 5.96. The van der Waals surface area contributed by atoms with E-state index < -0.39 is 0 Å². The first-order chi connectivity index (χ1) is 9.58. The van der Waals surface area contributed by atoms with Crippen molar-refractivity contribution in [1.29, 1.82) is 0 Å². The summed E-state index contributed by atoms with van der Waals surface area (Å²) in [5.74, 6) is 0.634. The molecule has 4 nitrogen and oxygen atoms in total. The minimum Gasteiger partial charge on any atom is -0.343 e. The lowest BCUT2D eigenvalue weighted by atomic mass is 9.95. The van der Waals surface area contributed by atoms with E-state index in [9.17, 15) is 9.59 Å². The molecule has 116 valence electrons. The first-order valence-corrected chi connectivity index (χ1v) is 8.19. The first-order valence-electron chi connectivity index (χ1n) is 8.19. The van der Waals surface area contributed by atoms with Gasteiger partial charge in [-0.2, -0.15) is 0 Å². The molecule has 1 N–H and O–H groups in total. The van der Waals surface area contributed by atoms with Crippen LogP contribution >= 0.6 is 0 Å². The van der Waals surface area contributed by atoms with Gasteiger partial charge in [-0.3, -0.25) is 9.59 Å². The van der Waals surface area contributed by atoms with E-state index in [2.05, 4.69) is 19.2 Å². The number of hydrogen-bond acceptors (Lipinski definition) is 2. The zero-order valence-electron chi connectivity index (χ0n) is 13.4. The summed E-state index contributed by atoms with van der Waals surface area (Å²) in [4.78, 5) is 26.5. The molecule has 0 saturated carbocycles. The molecule has 0 aromatic rings. The summed E-state index contributed by atoms with van der Waals surface area (Å²) in [6.45, 7) is 9.02. The molecule has 3 atom stereocenters.